The van der Waals surface area contributed by atoms with E-state index in [1.807, 2.05) is 0 Å². The summed E-state index contributed by atoms with van der Waals surface area (Å²) in [4.78, 5) is 2.59. The Labute approximate surface area is 126 Å². The van der Waals surface area contributed by atoms with Gasteiger partial charge in [0.25, 0.3) is 0 Å². The van der Waals surface area contributed by atoms with Crippen LogP contribution in [0.15, 0.2) is 0 Å². The highest BCUT2D eigenvalue weighted by molar-refractivity contribution is 4.80. The number of nitrogens with zero attached hydrogens (tertiary/aromatic N) is 1. The van der Waals surface area contributed by atoms with E-state index in [4.69, 9.17) is 4.74 Å². The van der Waals surface area contributed by atoms with Gasteiger partial charge in [0.1, 0.15) is 0 Å². The van der Waals surface area contributed by atoms with E-state index in [0.29, 0.717) is 6.04 Å². The smallest absolute Gasteiger partial charge is 0.0593 e. The van der Waals surface area contributed by atoms with Gasteiger partial charge in [0.05, 0.1) is 6.61 Å². The first-order chi connectivity index (χ1) is 9.63. The van der Waals surface area contributed by atoms with Crippen molar-refractivity contribution in [2.45, 2.75) is 59.4 Å². The summed E-state index contributed by atoms with van der Waals surface area (Å²) in [5.74, 6) is 1.56. The van der Waals surface area contributed by atoms with Crippen LogP contribution in [0.3, 0.4) is 0 Å². The van der Waals surface area contributed by atoms with E-state index in [2.05, 4.69) is 37.9 Å². The number of likely N-dealkylation sites (tertiary alicyclic amines) is 1. The van der Waals surface area contributed by atoms with Crippen LogP contribution >= 0.6 is 0 Å². The Morgan fingerprint density at radius 1 is 1.25 bits per heavy atom. The van der Waals surface area contributed by atoms with Crippen molar-refractivity contribution < 1.29 is 4.74 Å². The highest BCUT2D eigenvalue weighted by Crippen LogP contribution is 2.19. The van der Waals surface area contributed by atoms with Crippen LogP contribution in [0.2, 0.25) is 0 Å². The molecule has 1 N–H and O–H groups in total. The molecule has 20 heavy (non-hydrogen) atoms. The van der Waals surface area contributed by atoms with Gasteiger partial charge in [-0.1, -0.05) is 20.8 Å². The zero-order valence-electron chi connectivity index (χ0n) is 14.2. The summed E-state index contributed by atoms with van der Waals surface area (Å²) < 4.78 is 5.75. The molecule has 0 amide bonds. The van der Waals surface area contributed by atoms with Crippen molar-refractivity contribution in [2.24, 2.45) is 11.8 Å². The number of hydrogen-bond donors (Lipinski definition) is 1. The molecule has 0 bridgehead atoms. The first-order valence-corrected chi connectivity index (χ1v) is 8.67. The van der Waals surface area contributed by atoms with Gasteiger partial charge in [0.15, 0.2) is 0 Å². The van der Waals surface area contributed by atoms with Crippen LogP contribution in [0.5, 0.6) is 0 Å². The Morgan fingerprint density at radius 3 is 2.75 bits per heavy atom. The Balaban J connectivity index is 2.13. The highest BCUT2D eigenvalue weighted by atomic mass is 16.5. The zero-order valence-corrected chi connectivity index (χ0v) is 14.2. The number of rotatable bonds is 10. The summed E-state index contributed by atoms with van der Waals surface area (Å²) in [5, 5.41) is 3.65. The maximum atomic E-state index is 5.75. The molecule has 3 nitrogen and oxygen atoms in total. The monoisotopic (exact) mass is 284 g/mol. The van der Waals surface area contributed by atoms with E-state index < -0.39 is 0 Å². The Kier molecular flexibility index (Phi) is 9.49. The van der Waals surface area contributed by atoms with Crippen molar-refractivity contribution in [2.75, 3.05) is 39.4 Å². The van der Waals surface area contributed by atoms with Crippen LogP contribution in [-0.2, 0) is 4.74 Å². The predicted molar refractivity (Wildman–Crippen MR) is 87.2 cm³/mol. The van der Waals surface area contributed by atoms with Gasteiger partial charge >= 0.3 is 0 Å². The van der Waals surface area contributed by atoms with Gasteiger partial charge in [-0.05, 0) is 57.5 Å². The third-order valence-electron chi connectivity index (χ3n) is 4.36. The van der Waals surface area contributed by atoms with E-state index in [1.54, 1.807) is 0 Å². The minimum atomic E-state index is 0.652. The second-order valence-electron chi connectivity index (χ2n) is 6.74. The van der Waals surface area contributed by atoms with Crippen LogP contribution < -0.4 is 5.32 Å². The molecule has 120 valence electrons. The number of nitrogens with one attached hydrogen (secondary N) is 1. The molecule has 1 aliphatic rings. The van der Waals surface area contributed by atoms with Crippen molar-refractivity contribution in [1.29, 1.82) is 0 Å². The number of piperidine rings is 1. The molecule has 3 heteroatoms. The molecule has 0 saturated carbocycles. The molecule has 1 rings (SSSR count). The van der Waals surface area contributed by atoms with Gasteiger partial charge in [-0.25, -0.2) is 0 Å². The fourth-order valence-electron chi connectivity index (χ4n) is 2.86. The highest BCUT2D eigenvalue weighted by Gasteiger charge is 2.23. The molecule has 0 aromatic rings. The molecular formula is C17H36N2O. The molecular weight excluding hydrogens is 248 g/mol. The van der Waals surface area contributed by atoms with Gasteiger partial charge in [-0.3, -0.25) is 0 Å². The number of hydrogen-bond acceptors (Lipinski definition) is 3. The van der Waals surface area contributed by atoms with Crippen molar-refractivity contribution in [3.63, 3.8) is 0 Å². The fourth-order valence-corrected chi connectivity index (χ4v) is 2.86. The van der Waals surface area contributed by atoms with Gasteiger partial charge in [-0.15, -0.1) is 0 Å². The number of ether oxygens (including phenoxy) is 1. The Morgan fingerprint density at radius 2 is 2.05 bits per heavy atom. The van der Waals surface area contributed by atoms with Crippen molar-refractivity contribution >= 4 is 0 Å². The fraction of sp³-hybridized carbons (Fsp3) is 1.00. The average Bonchev–Trinajstić information content (AvgIpc) is 2.44. The summed E-state index contributed by atoms with van der Waals surface area (Å²) in [7, 11) is 0. The Bertz CT molecular complexity index is 233. The van der Waals surface area contributed by atoms with Gasteiger partial charge in [0.2, 0.25) is 0 Å². The normalized spacial score (nSPS) is 22.4. The lowest BCUT2D eigenvalue weighted by Crippen LogP contribution is -2.45. The van der Waals surface area contributed by atoms with E-state index >= 15 is 0 Å². The van der Waals surface area contributed by atoms with Crippen molar-refractivity contribution in [1.82, 2.24) is 10.2 Å². The van der Waals surface area contributed by atoms with E-state index in [-0.39, 0.29) is 0 Å². The Hall–Kier alpha value is -0.120. The average molecular weight is 284 g/mol. The van der Waals surface area contributed by atoms with Crippen LogP contribution in [0.4, 0.5) is 0 Å². The third kappa shape index (κ3) is 7.61. The van der Waals surface area contributed by atoms with Gasteiger partial charge < -0.3 is 15.0 Å². The largest absolute Gasteiger partial charge is 0.380 e. The van der Waals surface area contributed by atoms with E-state index in [9.17, 15) is 0 Å². The second kappa shape index (κ2) is 10.6. The molecule has 1 fully saturated rings. The standard InChI is InChI=1S/C17H36N2O/c1-5-9-18-16(4)17-7-6-10-19(14-17)11-13-20-12-8-15(2)3/h15-18H,5-14H2,1-4H3. The lowest BCUT2D eigenvalue weighted by molar-refractivity contribution is 0.0745. The molecule has 0 aromatic heterocycles. The van der Waals surface area contributed by atoms with Crippen LogP contribution in [-0.4, -0.2) is 50.3 Å². The molecule has 0 aliphatic carbocycles. The van der Waals surface area contributed by atoms with Gasteiger partial charge in [-0.2, -0.15) is 0 Å². The first kappa shape index (κ1) is 17.9. The van der Waals surface area contributed by atoms with Crippen LogP contribution in [0, 0.1) is 11.8 Å². The molecule has 2 unspecified atom stereocenters. The van der Waals surface area contributed by atoms with Crippen LogP contribution in [0.1, 0.15) is 53.4 Å². The minimum absolute atomic E-state index is 0.652. The summed E-state index contributed by atoms with van der Waals surface area (Å²) in [6, 6.07) is 0.652. The summed E-state index contributed by atoms with van der Waals surface area (Å²) in [6.07, 6.45) is 5.13. The van der Waals surface area contributed by atoms with Crippen molar-refractivity contribution in [3.05, 3.63) is 0 Å². The summed E-state index contributed by atoms with van der Waals surface area (Å²) in [6.45, 7) is 15.7. The van der Waals surface area contributed by atoms with Gasteiger partial charge in [0, 0.05) is 25.7 Å². The molecule has 1 heterocycles. The predicted octanol–water partition coefficient (Wildman–Crippen LogP) is 3.15. The third-order valence-corrected chi connectivity index (χ3v) is 4.36. The van der Waals surface area contributed by atoms with Crippen molar-refractivity contribution in [3.8, 4) is 0 Å². The minimum Gasteiger partial charge on any atom is -0.380 e. The lowest BCUT2D eigenvalue weighted by atomic mass is 9.91. The SMILES string of the molecule is CCCNC(C)C1CCCN(CCOCCC(C)C)C1. The molecule has 2 atom stereocenters. The lowest BCUT2D eigenvalue weighted by Gasteiger charge is -2.36. The zero-order chi connectivity index (χ0) is 14.8. The molecule has 0 spiro atoms. The molecule has 0 aromatic carbocycles. The summed E-state index contributed by atoms with van der Waals surface area (Å²) in [5.41, 5.74) is 0. The van der Waals surface area contributed by atoms with E-state index in [1.165, 1.54) is 38.8 Å². The summed E-state index contributed by atoms with van der Waals surface area (Å²) >= 11 is 0. The van der Waals surface area contributed by atoms with Crippen LogP contribution in [0.25, 0.3) is 0 Å². The molecule has 0 radical (unpaired) electrons. The maximum absolute atomic E-state index is 5.75. The topological polar surface area (TPSA) is 24.5 Å². The second-order valence-corrected chi connectivity index (χ2v) is 6.74. The molecule has 1 aliphatic heterocycles. The maximum Gasteiger partial charge on any atom is 0.0593 e. The first-order valence-electron chi connectivity index (χ1n) is 8.67. The molecule has 1 saturated heterocycles. The quantitative estimate of drug-likeness (QED) is 0.624. The van der Waals surface area contributed by atoms with E-state index in [0.717, 1.165) is 38.1 Å².